The number of fused-ring (bicyclic) bond motifs is 3. The van der Waals surface area contributed by atoms with Crippen LogP contribution in [0, 0.1) is 33.5 Å². The van der Waals surface area contributed by atoms with Gasteiger partial charge in [0.15, 0.2) is 0 Å². The highest BCUT2D eigenvalue weighted by Gasteiger charge is 2.67. The zero-order valence-corrected chi connectivity index (χ0v) is 16.5. The Morgan fingerprint density at radius 2 is 1.80 bits per heavy atom. The summed E-state index contributed by atoms with van der Waals surface area (Å²) in [5, 5.41) is 10.9. The van der Waals surface area contributed by atoms with E-state index in [0.717, 1.165) is 25.7 Å². The Kier molecular flexibility index (Phi) is 3.60. The first kappa shape index (κ1) is 17.6. The van der Waals surface area contributed by atoms with E-state index in [9.17, 15) is 9.90 Å². The molecule has 1 spiro atoms. The van der Waals surface area contributed by atoms with Crippen LogP contribution < -0.4 is 0 Å². The van der Waals surface area contributed by atoms with Crippen LogP contribution in [-0.2, 0) is 9.53 Å². The summed E-state index contributed by atoms with van der Waals surface area (Å²) in [6.45, 7) is 10.9. The van der Waals surface area contributed by atoms with Crippen molar-refractivity contribution < 1.29 is 14.6 Å². The monoisotopic (exact) mass is 346 g/mol. The molecule has 0 aromatic carbocycles. The third-order valence-corrected chi connectivity index (χ3v) is 8.82. The molecule has 7 atom stereocenters. The summed E-state index contributed by atoms with van der Waals surface area (Å²) in [6, 6.07) is 0. The van der Waals surface area contributed by atoms with Gasteiger partial charge in [-0.1, -0.05) is 39.8 Å². The molecular weight excluding hydrogens is 312 g/mol. The van der Waals surface area contributed by atoms with Crippen molar-refractivity contribution in [3.63, 3.8) is 0 Å². The second kappa shape index (κ2) is 5.12. The molecule has 1 unspecified atom stereocenters. The fourth-order valence-electron chi connectivity index (χ4n) is 7.62. The van der Waals surface area contributed by atoms with Gasteiger partial charge in [0.1, 0.15) is 6.10 Å². The lowest BCUT2D eigenvalue weighted by molar-refractivity contribution is -0.221. The second-order valence-electron chi connectivity index (χ2n) is 10.6. The van der Waals surface area contributed by atoms with E-state index in [-0.39, 0.29) is 39.8 Å². The van der Waals surface area contributed by atoms with Gasteiger partial charge >= 0.3 is 5.97 Å². The summed E-state index contributed by atoms with van der Waals surface area (Å²) in [7, 11) is 0. The Bertz CT molecular complexity index is 623. The number of hydrogen-bond donors (Lipinski definition) is 1. The lowest BCUT2D eigenvalue weighted by Gasteiger charge is -2.66. The standard InChI is InChI=1S/C22H34O3/c1-14(23)25-18-7-8-19(2,3)15-6-9-22-11-10-20(4,13-22)17(24)12-16(22)21(15,18)5/h10-11,15-18,24H,6-9,12-13H2,1-5H3/t15?,16-,17+,18-,20+,21+,22-/m0/s1. The van der Waals surface area contributed by atoms with Gasteiger partial charge in [-0.25, -0.2) is 0 Å². The maximum Gasteiger partial charge on any atom is 0.302 e. The fraction of sp³-hybridized carbons (Fsp3) is 0.864. The lowest BCUT2D eigenvalue weighted by atomic mass is 9.39. The maximum absolute atomic E-state index is 11.8. The second-order valence-corrected chi connectivity index (χ2v) is 10.6. The Morgan fingerprint density at radius 1 is 1.08 bits per heavy atom. The minimum Gasteiger partial charge on any atom is -0.462 e. The highest BCUT2D eigenvalue weighted by Crippen LogP contribution is 2.72. The van der Waals surface area contributed by atoms with Gasteiger partial charge in [0.25, 0.3) is 0 Å². The van der Waals surface area contributed by atoms with Gasteiger partial charge in [-0.05, 0) is 61.2 Å². The van der Waals surface area contributed by atoms with Gasteiger partial charge in [-0.15, -0.1) is 0 Å². The molecule has 25 heavy (non-hydrogen) atoms. The predicted octanol–water partition coefficient (Wildman–Crippen LogP) is 4.49. The first-order valence-electron chi connectivity index (χ1n) is 10.1. The summed E-state index contributed by atoms with van der Waals surface area (Å²) >= 11 is 0. The highest BCUT2D eigenvalue weighted by atomic mass is 16.5. The van der Waals surface area contributed by atoms with E-state index in [2.05, 4.69) is 39.8 Å². The van der Waals surface area contributed by atoms with Crippen LogP contribution in [0.3, 0.4) is 0 Å². The first-order valence-corrected chi connectivity index (χ1v) is 10.1. The van der Waals surface area contributed by atoms with Crippen molar-refractivity contribution in [2.75, 3.05) is 0 Å². The SMILES string of the molecule is CC(=O)O[C@H]1CCC(C)(C)C2CC[C@]34C=C[C@](C)(C3)[C@H](O)C[C@H]4[C@@]21C. The number of carbonyl (C=O) groups excluding carboxylic acids is 1. The van der Waals surface area contributed by atoms with Crippen LogP contribution in [0.2, 0.25) is 0 Å². The van der Waals surface area contributed by atoms with Crippen molar-refractivity contribution in [1.29, 1.82) is 0 Å². The molecule has 4 rings (SSSR count). The minimum absolute atomic E-state index is 0.0178. The van der Waals surface area contributed by atoms with Crippen molar-refractivity contribution in [2.24, 2.45) is 33.5 Å². The average molecular weight is 347 g/mol. The van der Waals surface area contributed by atoms with Crippen LogP contribution in [-0.4, -0.2) is 23.3 Å². The largest absolute Gasteiger partial charge is 0.462 e. The van der Waals surface area contributed by atoms with Crippen molar-refractivity contribution in [3.8, 4) is 0 Å². The van der Waals surface area contributed by atoms with Crippen LogP contribution >= 0.6 is 0 Å². The third kappa shape index (κ3) is 2.23. The first-order chi connectivity index (χ1) is 11.5. The van der Waals surface area contributed by atoms with Gasteiger partial charge in [0.2, 0.25) is 0 Å². The summed E-state index contributed by atoms with van der Waals surface area (Å²) in [5.74, 6) is 0.774. The lowest BCUT2D eigenvalue weighted by Crippen LogP contribution is -2.63. The van der Waals surface area contributed by atoms with Crippen molar-refractivity contribution in [3.05, 3.63) is 12.2 Å². The Labute approximate surface area is 152 Å². The van der Waals surface area contributed by atoms with E-state index in [0.29, 0.717) is 11.8 Å². The molecule has 0 saturated heterocycles. The summed E-state index contributed by atoms with van der Waals surface area (Å²) < 4.78 is 5.92. The molecule has 4 aliphatic carbocycles. The number of aliphatic hydroxyl groups is 1. The topological polar surface area (TPSA) is 46.5 Å². The van der Waals surface area contributed by atoms with E-state index in [1.165, 1.54) is 12.8 Å². The smallest absolute Gasteiger partial charge is 0.302 e. The molecule has 1 N–H and O–H groups in total. The normalized spacial score (nSPS) is 53.0. The number of esters is 1. The zero-order valence-electron chi connectivity index (χ0n) is 16.5. The molecule has 140 valence electrons. The molecular formula is C22H34O3. The van der Waals surface area contributed by atoms with Gasteiger partial charge < -0.3 is 9.84 Å². The Hall–Kier alpha value is -0.830. The van der Waals surface area contributed by atoms with Gasteiger partial charge in [-0.3, -0.25) is 4.79 Å². The molecule has 0 aromatic heterocycles. The number of ether oxygens (including phenoxy) is 1. The summed E-state index contributed by atoms with van der Waals surface area (Å²) in [6.07, 6.45) is 10.8. The van der Waals surface area contributed by atoms with Crippen molar-refractivity contribution in [1.82, 2.24) is 0 Å². The van der Waals surface area contributed by atoms with E-state index in [1.54, 1.807) is 6.92 Å². The molecule has 4 aliphatic rings. The van der Waals surface area contributed by atoms with E-state index in [1.807, 2.05) is 0 Å². The minimum atomic E-state index is -0.289. The van der Waals surface area contributed by atoms with Crippen molar-refractivity contribution >= 4 is 5.97 Å². The number of carbonyl (C=O) groups is 1. The van der Waals surface area contributed by atoms with Crippen LogP contribution in [0.4, 0.5) is 0 Å². The molecule has 0 aliphatic heterocycles. The highest BCUT2D eigenvalue weighted by molar-refractivity contribution is 5.66. The number of allylic oxidation sites excluding steroid dienone is 1. The Morgan fingerprint density at radius 3 is 2.48 bits per heavy atom. The molecule has 2 bridgehead atoms. The average Bonchev–Trinajstić information content (AvgIpc) is 2.80. The summed E-state index contributed by atoms with van der Waals surface area (Å²) in [4.78, 5) is 11.8. The van der Waals surface area contributed by atoms with E-state index >= 15 is 0 Å². The molecule has 3 fully saturated rings. The van der Waals surface area contributed by atoms with Crippen LogP contribution in [0.15, 0.2) is 12.2 Å². The molecule has 3 saturated carbocycles. The van der Waals surface area contributed by atoms with Gasteiger partial charge in [0.05, 0.1) is 6.10 Å². The van der Waals surface area contributed by atoms with Crippen LogP contribution in [0.1, 0.15) is 73.1 Å². The molecule has 0 amide bonds. The zero-order chi connectivity index (χ0) is 18.3. The third-order valence-electron chi connectivity index (χ3n) is 8.82. The van der Waals surface area contributed by atoms with Gasteiger partial charge in [0, 0.05) is 17.8 Å². The molecule has 0 aromatic rings. The summed E-state index contributed by atoms with van der Waals surface area (Å²) in [5.41, 5.74) is 0.329. The fourth-order valence-corrected chi connectivity index (χ4v) is 7.62. The molecule has 0 radical (unpaired) electrons. The maximum atomic E-state index is 11.8. The number of aliphatic hydroxyl groups excluding tert-OH is 1. The van der Waals surface area contributed by atoms with Gasteiger partial charge in [-0.2, -0.15) is 0 Å². The Balaban J connectivity index is 1.80. The van der Waals surface area contributed by atoms with Crippen LogP contribution in [0.5, 0.6) is 0 Å². The molecule has 3 heteroatoms. The van der Waals surface area contributed by atoms with E-state index < -0.39 is 0 Å². The number of rotatable bonds is 1. The quantitative estimate of drug-likeness (QED) is 0.562. The predicted molar refractivity (Wildman–Crippen MR) is 97.8 cm³/mol. The van der Waals surface area contributed by atoms with Crippen molar-refractivity contribution in [2.45, 2.75) is 85.4 Å². The van der Waals surface area contributed by atoms with Crippen LogP contribution in [0.25, 0.3) is 0 Å². The molecule has 0 heterocycles. The molecule has 3 nitrogen and oxygen atoms in total. The number of hydrogen-bond acceptors (Lipinski definition) is 3. The van der Waals surface area contributed by atoms with E-state index in [4.69, 9.17) is 4.74 Å².